The predicted molar refractivity (Wildman–Crippen MR) is 61.9 cm³/mol. The third-order valence-corrected chi connectivity index (χ3v) is 2.41. The van der Waals surface area contributed by atoms with Crippen molar-refractivity contribution in [3.63, 3.8) is 0 Å². The van der Waals surface area contributed by atoms with Gasteiger partial charge >= 0.3 is 6.18 Å². The number of hydrogen-bond donors (Lipinski definition) is 2. The van der Waals surface area contributed by atoms with Gasteiger partial charge in [0.05, 0.1) is 0 Å². The molecular weight excluding hydrogens is 229 g/mol. The molecule has 0 spiro atoms. The number of nitrogens with two attached hydrogens (primary N) is 1. The monoisotopic (exact) mass is 242 g/mol. The second-order valence-electron chi connectivity index (χ2n) is 3.79. The van der Waals surface area contributed by atoms with E-state index >= 15 is 0 Å². The molecule has 0 bridgehead atoms. The summed E-state index contributed by atoms with van der Waals surface area (Å²) >= 11 is 0. The molecule has 1 aromatic carbocycles. The van der Waals surface area contributed by atoms with E-state index in [9.17, 15) is 13.2 Å². The van der Waals surface area contributed by atoms with Gasteiger partial charge in [-0.05, 0) is 25.0 Å². The van der Waals surface area contributed by atoms with Crippen LogP contribution in [-0.2, 0) is 0 Å². The topological polar surface area (TPSA) is 49.9 Å². The molecule has 0 heterocycles. The second-order valence-corrected chi connectivity index (χ2v) is 3.79. The molecule has 0 amide bonds. The maximum Gasteiger partial charge on any atom is 0.431 e. The van der Waals surface area contributed by atoms with Crippen LogP contribution >= 0.6 is 0 Å². The van der Waals surface area contributed by atoms with E-state index in [-0.39, 0.29) is 5.57 Å². The minimum absolute atomic E-state index is 0.296. The van der Waals surface area contributed by atoms with E-state index in [1.54, 1.807) is 25.1 Å². The molecule has 5 heteroatoms. The summed E-state index contributed by atoms with van der Waals surface area (Å²) in [6.07, 6.45) is -3.98. The quantitative estimate of drug-likeness (QED) is 0.769. The molecular formula is C12H13F3N2. The molecule has 0 unspecified atom stereocenters. The van der Waals surface area contributed by atoms with Gasteiger partial charge in [0.1, 0.15) is 5.70 Å². The first-order valence-corrected chi connectivity index (χ1v) is 4.92. The van der Waals surface area contributed by atoms with E-state index in [0.717, 1.165) is 5.56 Å². The SMILES string of the molecule is Cc1ccc(C(C=N)=C(N)C(F)(F)F)c(C)c1. The summed E-state index contributed by atoms with van der Waals surface area (Å²) in [4.78, 5) is 0. The number of halogens is 3. The van der Waals surface area contributed by atoms with Gasteiger partial charge in [-0.25, -0.2) is 0 Å². The van der Waals surface area contributed by atoms with E-state index in [1.807, 2.05) is 6.92 Å². The molecule has 3 N–H and O–H groups in total. The van der Waals surface area contributed by atoms with Crippen LogP contribution in [0.4, 0.5) is 13.2 Å². The van der Waals surface area contributed by atoms with Crippen LogP contribution in [-0.4, -0.2) is 12.4 Å². The van der Waals surface area contributed by atoms with Gasteiger partial charge in [0.15, 0.2) is 0 Å². The van der Waals surface area contributed by atoms with E-state index in [4.69, 9.17) is 11.1 Å². The highest BCUT2D eigenvalue weighted by Gasteiger charge is 2.34. The minimum atomic E-state index is -4.62. The first-order chi connectivity index (χ1) is 7.77. The first-order valence-electron chi connectivity index (χ1n) is 4.92. The number of aryl methyl sites for hydroxylation is 2. The van der Waals surface area contributed by atoms with Gasteiger partial charge < -0.3 is 11.1 Å². The van der Waals surface area contributed by atoms with Crippen molar-refractivity contribution < 1.29 is 13.2 Å². The molecule has 0 fully saturated rings. The molecule has 0 aliphatic heterocycles. The van der Waals surface area contributed by atoms with E-state index in [2.05, 4.69) is 0 Å². The Morgan fingerprint density at radius 2 is 1.88 bits per heavy atom. The summed E-state index contributed by atoms with van der Waals surface area (Å²) in [5, 5.41) is 7.10. The number of allylic oxidation sites excluding steroid dienone is 2. The van der Waals surface area contributed by atoms with Gasteiger partial charge in [-0.3, -0.25) is 0 Å². The predicted octanol–water partition coefficient (Wildman–Crippen LogP) is 3.19. The van der Waals surface area contributed by atoms with Crippen molar-refractivity contribution in [2.45, 2.75) is 20.0 Å². The zero-order valence-electron chi connectivity index (χ0n) is 9.52. The highest BCUT2D eigenvalue weighted by Crippen LogP contribution is 2.29. The van der Waals surface area contributed by atoms with Crippen molar-refractivity contribution in [1.29, 1.82) is 5.41 Å². The minimum Gasteiger partial charge on any atom is -0.394 e. The molecule has 0 saturated carbocycles. The number of benzene rings is 1. The van der Waals surface area contributed by atoms with E-state index in [1.165, 1.54) is 0 Å². The third kappa shape index (κ3) is 2.87. The number of rotatable bonds is 2. The largest absolute Gasteiger partial charge is 0.431 e. The van der Waals surface area contributed by atoms with Crippen LogP contribution in [0.2, 0.25) is 0 Å². The average molecular weight is 242 g/mol. The van der Waals surface area contributed by atoms with Crippen molar-refractivity contribution in [2.75, 3.05) is 0 Å². The van der Waals surface area contributed by atoms with Gasteiger partial charge in [0.2, 0.25) is 0 Å². The number of alkyl halides is 3. The zero-order valence-corrected chi connectivity index (χ0v) is 9.52. The average Bonchev–Trinajstić information content (AvgIpc) is 2.20. The van der Waals surface area contributed by atoms with Crippen LogP contribution in [0, 0.1) is 19.3 Å². The summed E-state index contributed by atoms with van der Waals surface area (Å²) in [7, 11) is 0. The van der Waals surface area contributed by atoms with Crippen LogP contribution in [0.25, 0.3) is 5.57 Å². The molecule has 0 atom stereocenters. The lowest BCUT2D eigenvalue weighted by atomic mass is 9.98. The van der Waals surface area contributed by atoms with Crippen LogP contribution in [0.15, 0.2) is 23.9 Å². The summed E-state index contributed by atoms with van der Waals surface area (Å²) in [6, 6.07) is 4.99. The van der Waals surface area contributed by atoms with Gasteiger partial charge in [0.25, 0.3) is 0 Å². The van der Waals surface area contributed by atoms with Crippen LogP contribution < -0.4 is 5.73 Å². The van der Waals surface area contributed by atoms with Crippen LogP contribution in [0.1, 0.15) is 16.7 Å². The molecule has 2 nitrogen and oxygen atoms in total. The highest BCUT2D eigenvalue weighted by molar-refractivity contribution is 6.10. The number of nitrogens with one attached hydrogen (secondary N) is 1. The van der Waals surface area contributed by atoms with Crippen molar-refractivity contribution in [2.24, 2.45) is 5.73 Å². The Labute approximate surface area is 97.5 Å². The lowest BCUT2D eigenvalue weighted by Crippen LogP contribution is -2.22. The lowest BCUT2D eigenvalue weighted by Gasteiger charge is -2.13. The summed E-state index contributed by atoms with van der Waals surface area (Å²) in [5.41, 5.74) is 5.46. The van der Waals surface area contributed by atoms with E-state index in [0.29, 0.717) is 17.3 Å². The molecule has 0 aromatic heterocycles. The smallest absolute Gasteiger partial charge is 0.394 e. The second kappa shape index (κ2) is 4.61. The molecule has 0 aliphatic rings. The standard InChI is InChI=1S/C12H13F3N2/c1-7-3-4-9(8(2)5-7)10(6-16)11(17)12(13,14)15/h3-6,16H,17H2,1-2H3. The Balaban J connectivity index is 3.43. The van der Waals surface area contributed by atoms with Crippen LogP contribution in [0.5, 0.6) is 0 Å². The Bertz CT molecular complexity index is 473. The fourth-order valence-electron chi connectivity index (χ4n) is 1.57. The summed E-state index contributed by atoms with van der Waals surface area (Å²) in [6.45, 7) is 3.53. The maximum atomic E-state index is 12.5. The molecule has 0 saturated heterocycles. The normalized spacial score (nSPS) is 13.2. The fourth-order valence-corrected chi connectivity index (χ4v) is 1.57. The van der Waals surface area contributed by atoms with Crippen molar-refractivity contribution >= 4 is 11.8 Å². The van der Waals surface area contributed by atoms with Gasteiger partial charge in [-0.1, -0.05) is 23.8 Å². The molecule has 17 heavy (non-hydrogen) atoms. The molecule has 1 rings (SSSR count). The maximum absolute atomic E-state index is 12.5. The Morgan fingerprint density at radius 1 is 1.29 bits per heavy atom. The first kappa shape index (κ1) is 13.3. The Morgan fingerprint density at radius 3 is 2.29 bits per heavy atom. The van der Waals surface area contributed by atoms with Gasteiger partial charge in [-0.2, -0.15) is 13.2 Å². The molecule has 0 aliphatic carbocycles. The molecule has 0 radical (unpaired) electrons. The fraction of sp³-hybridized carbons (Fsp3) is 0.250. The van der Waals surface area contributed by atoms with Gasteiger partial charge in [-0.15, -0.1) is 0 Å². The summed E-state index contributed by atoms with van der Waals surface area (Å²) < 4.78 is 37.5. The molecule has 92 valence electrons. The number of hydrogen-bond acceptors (Lipinski definition) is 2. The van der Waals surface area contributed by atoms with Gasteiger partial charge in [0, 0.05) is 11.8 Å². The van der Waals surface area contributed by atoms with Crippen molar-refractivity contribution in [3.05, 3.63) is 40.6 Å². The third-order valence-electron chi connectivity index (χ3n) is 2.41. The van der Waals surface area contributed by atoms with Crippen molar-refractivity contribution in [3.8, 4) is 0 Å². The van der Waals surface area contributed by atoms with Crippen molar-refractivity contribution in [1.82, 2.24) is 0 Å². The Hall–Kier alpha value is -1.78. The zero-order chi connectivity index (χ0) is 13.2. The van der Waals surface area contributed by atoms with Crippen LogP contribution in [0.3, 0.4) is 0 Å². The lowest BCUT2D eigenvalue weighted by molar-refractivity contribution is -0.0918. The van der Waals surface area contributed by atoms with E-state index < -0.39 is 11.9 Å². The Kier molecular flexibility index (Phi) is 3.60. The molecule has 1 aromatic rings. The summed E-state index contributed by atoms with van der Waals surface area (Å²) in [5.74, 6) is 0. The highest BCUT2D eigenvalue weighted by atomic mass is 19.4.